The molecule has 0 saturated carbocycles. The number of fused-ring (bicyclic) bond motifs is 1. The van der Waals surface area contributed by atoms with Gasteiger partial charge in [-0.1, -0.05) is 6.20 Å². The average molecular weight is 439 g/mol. The second-order valence-electron chi connectivity index (χ2n) is 3.25. The van der Waals surface area contributed by atoms with Crippen molar-refractivity contribution in [1.82, 2.24) is 4.40 Å². The van der Waals surface area contributed by atoms with Crippen molar-refractivity contribution in [2.24, 2.45) is 0 Å². The Hall–Kier alpha value is -0.798. The van der Waals surface area contributed by atoms with Crippen molar-refractivity contribution in [2.45, 2.75) is 13.8 Å². The van der Waals surface area contributed by atoms with Crippen LogP contribution < -0.4 is 0 Å². The standard InChI is InChI=1S/C9H6NO2S.C3H8O.Re/c1-6-7(4-11)8(5-12)9-10(6)2-3-13-9;1-3-4-2;/h2,4-5H,1H3;3H2,1-2H3;/q-1;;. The van der Waals surface area contributed by atoms with Crippen molar-refractivity contribution in [3.05, 3.63) is 28.4 Å². The zero-order chi connectivity index (χ0) is 12.8. The molecular weight excluding hydrogens is 424 g/mol. The van der Waals surface area contributed by atoms with Gasteiger partial charge in [-0.3, -0.25) is 9.59 Å². The van der Waals surface area contributed by atoms with Crippen LogP contribution in [0.4, 0.5) is 0 Å². The monoisotopic (exact) mass is 439 g/mol. The first kappa shape index (κ1) is 17.2. The summed E-state index contributed by atoms with van der Waals surface area (Å²) in [7, 11) is 1.68. The summed E-state index contributed by atoms with van der Waals surface area (Å²) in [6.07, 6.45) is 3.17. The number of carbonyl (C=O) groups is 2. The smallest absolute Gasteiger partial charge is 0.151 e. The second-order valence-corrected chi connectivity index (χ2v) is 4.08. The summed E-state index contributed by atoms with van der Waals surface area (Å²) in [5.41, 5.74) is 1.75. The molecule has 0 aliphatic carbocycles. The van der Waals surface area contributed by atoms with Crippen LogP contribution in [-0.2, 0) is 25.2 Å². The number of aldehydes is 2. The van der Waals surface area contributed by atoms with E-state index in [0.717, 1.165) is 29.7 Å². The number of aryl methyl sites for hydroxylation is 1. The van der Waals surface area contributed by atoms with Crippen LogP contribution in [0.5, 0.6) is 0 Å². The number of hydrogen-bond donors (Lipinski definition) is 0. The molecule has 4 nitrogen and oxygen atoms in total. The average Bonchev–Trinajstić information content (AvgIpc) is 2.91. The van der Waals surface area contributed by atoms with Crippen LogP contribution in [0.15, 0.2) is 6.20 Å². The number of hydrogen-bond acceptors (Lipinski definition) is 4. The van der Waals surface area contributed by atoms with E-state index in [9.17, 15) is 9.59 Å². The van der Waals surface area contributed by atoms with Gasteiger partial charge >= 0.3 is 0 Å². The third-order valence-corrected chi connectivity index (χ3v) is 3.19. The Kier molecular flexibility index (Phi) is 7.96. The number of rotatable bonds is 3. The van der Waals surface area contributed by atoms with E-state index in [0.29, 0.717) is 11.1 Å². The molecule has 2 rings (SSSR count). The molecule has 0 N–H and O–H groups in total. The normalized spacial score (nSPS) is 9.28. The fraction of sp³-hybridized carbons (Fsp3) is 0.333. The number of aromatic nitrogens is 1. The maximum Gasteiger partial charge on any atom is 0.151 e. The number of thiazole rings is 1. The molecule has 0 bridgehead atoms. The summed E-state index contributed by atoms with van der Waals surface area (Å²) < 4.78 is 6.35. The van der Waals surface area contributed by atoms with E-state index >= 15 is 0 Å². The Bertz CT molecular complexity index is 517. The molecule has 0 saturated heterocycles. The van der Waals surface area contributed by atoms with E-state index in [-0.39, 0.29) is 20.4 Å². The van der Waals surface area contributed by atoms with Crippen molar-refractivity contribution in [3.63, 3.8) is 0 Å². The van der Waals surface area contributed by atoms with Gasteiger partial charge in [-0.15, -0.1) is 0 Å². The molecular formula is C12H14NO3ReS-. The minimum absolute atomic E-state index is 0. The van der Waals surface area contributed by atoms with Crippen molar-refractivity contribution in [3.8, 4) is 0 Å². The summed E-state index contributed by atoms with van der Waals surface area (Å²) in [5.74, 6) is 0. The van der Waals surface area contributed by atoms with Crippen LogP contribution in [0, 0.1) is 12.3 Å². The maximum atomic E-state index is 10.7. The van der Waals surface area contributed by atoms with Gasteiger partial charge in [0.05, 0.1) is 0 Å². The van der Waals surface area contributed by atoms with Gasteiger partial charge in [0.15, 0.2) is 6.29 Å². The molecule has 6 heteroatoms. The molecule has 0 unspecified atom stereocenters. The molecule has 0 atom stereocenters. The summed E-state index contributed by atoms with van der Waals surface area (Å²) in [6, 6.07) is 0. The van der Waals surface area contributed by atoms with Crippen molar-refractivity contribution >= 4 is 28.7 Å². The third-order valence-electron chi connectivity index (χ3n) is 2.35. The zero-order valence-electron chi connectivity index (χ0n) is 10.4. The predicted molar refractivity (Wildman–Crippen MR) is 67.2 cm³/mol. The van der Waals surface area contributed by atoms with Crippen LogP contribution in [-0.4, -0.2) is 30.7 Å². The number of nitrogens with zero attached hydrogens (tertiary/aromatic N) is 1. The van der Waals surface area contributed by atoms with E-state index in [1.165, 1.54) is 11.3 Å². The van der Waals surface area contributed by atoms with Gasteiger partial charge in [0.1, 0.15) is 6.29 Å². The van der Waals surface area contributed by atoms with Crippen molar-refractivity contribution in [1.29, 1.82) is 0 Å². The van der Waals surface area contributed by atoms with Gasteiger partial charge in [-0.05, 0) is 24.2 Å². The van der Waals surface area contributed by atoms with Crippen LogP contribution in [0.2, 0.25) is 0 Å². The molecule has 0 spiro atoms. The van der Waals surface area contributed by atoms with Crippen LogP contribution in [0.3, 0.4) is 0 Å². The Morgan fingerprint density at radius 3 is 2.39 bits per heavy atom. The van der Waals surface area contributed by atoms with Gasteiger partial charge in [0.25, 0.3) is 0 Å². The number of carbonyl (C=O) groups excluding carboxylic acids is 2. The third kappa shape index (κ3) is 3.36. The predicted octanol–water partition coefficient (Wildman–Crippen LogP) is 2.38. The van der Waals surface area contributed by atoms with Crippen molar-refractivity contribution < 1.29 is 34.7 Å². The fourth-order valence-electron chi connectivity index (χ4n) is 1.38. The van der Waals surface area contributed by atoms with E-state index in [1.54, 1.807) is 17.7 Å². The minimum Gasteiger partial charge on any atom is -0.406 e. The summed E-state index contributed by atoms with van der Waals surface area (Å²) >= 11 is 1.34. The Morgan fingerprint density at radius 2 is 1.94 bits per heavy atom. The summed E-state index contributed by atoms with van der Waals surface area (Å²) in [6.45, 7) is 4.59. The quantitative estimate of drug-likeness (QED) is 0.546. The molecule has 0 fully saturated rings. The Balaban J connectivity index is 0.000000512. The van der Waals surface area contributed by atoms with E-state index in [2.05, 4.69) is 10.1 Å². The molecule has 0 aromatic carbocycles. The zero-order valence-corrected chi connectivity index (χ0v) is 13.9. The number of methoxy groups -OCH3 is 1. The van der Waals surface area contributed by atoms with Crippen molar-refractivity contribution in [2.75, 3.05) is 13.7 Å². The molecule has 0 aliphatic heterocycles. The van der Waals surface area contributed by atoms with Crippen LogP contribution in [0.1, 0.15) is 33.3 Å². The molecule has 18 heavy (non-hydrogen) atoms. The Morgan fingerprint density at radius 1 is 1.39 bits per heavy atom. The first-order chi connectivity index (χ1) is 8.21. The largest absolute Gasteiger partial charge is 0.406 e. The van der Waals surface area contributed by atoms with Gasteiger partial charge in [0, 0.05) is 45.4 Å². The number of ether oxygens (including phenoxy) is 1. The molecule has 1 radical (unpaired) electrons. The molecule has 2 aromatic rings. The van der Waals surface area contributed by atoms with Crippen LogP contribution >= 0.6 is 11.3 Å². The van der Waals surface area contributed by atoms with E-state index in [1.807, 2.05) is 13.8 Å². The van der Waals surface area contributed by atoms with Gasteiger partial charge in [-0.25, -0.2) is 0 Å². The second kappa shape index (κ2) is 8.33. The summed E-state index contributed by atoms with van der Waals surface area (Å²) in [5, 5.41) is 2.91. The molecule has 0 aliphatic rings. The minimum atomic E-state index is 0. The van der Waals surface area contributed by atoms with Gasteiger partial charge in [-0.2, -0.15) is 5.38 Å². The molecule has 2 heterocycles. The molecule has 0 amide bonds. The topological polar surface area (TPSA) is 47.8 Å². The Labute approximate surface area is 124 Å². The molecule has 2 aromatic heterocycles. The first-order valence-electron chi connectivity index (χ1n) is 5.11. The maximum absolute atomic E-state index is 10.7. The van der Waals surface area contributed by atoms with E-state index in [4.69, 9.17) is 0 Å². The summed E-state index contributed by atoms with van der Waals surface area (Å²) in [4.78, 5) is 22.2. The van der Waals surface area contributed by atoms with E-state index < -0.39 is 0 Å². The SMILES string of the molecule is CCOC.Cc1c(C=O)c(C=O)c2s[c-]cn12.[Re]. The molecule has 99 valence electrons. The van der Waals surface area contributed by atoms with Crippen LogP contribution in [0.25, 0.3) is 4.83 Å². The van der Waals surface area contributed by atoms with Gasteiger partial charge < -0.3 is 20.5 Å². The first-order valence-corrected chi connectivity index (χ1v) is 5.92. The van der Waals surface area contributed by atoms with Gasteiger partial charge in [0.2, 0.25) is 0 Å². The fourth-order valence-corrected chi connectivity index (χ4v) is 2.20.